The quantitative estimate of drug-likeness (QED) is 0.616. The highest BCUT2D eigenvalue weighted by Crippen LogP contribution is 2.01. The maximum atomic E-state index is 11.4. The number of esters is 1. The molecule has 0 saturated carbocycles. The van der Waals surface area contributed by atoms with Gasteiger partial charge in [-0.05, 0) is 40.7 Å². The molecule has 3 heteroatoms. The fraction of sp³-hybridized carbons (Fsp3) is 0.909. The Morgan fingerprint density at radius 1 is 1.29 bits per heavy atom. The molecule has 0 saturated heterocycles. The zero-order valence-corrected chi connectivity index (χ0v) is 10.0. The molecule has 0 N–H and O–H groups in total. The molecule has 84 valence electrons. The summed E-state index contributed by atoms with van der Waals surface area (Å²) in [4.78, 5) is 13.5. The zero-order chi connectivity index (χ0) is 11.1. The number of ether oxygens (including phenoxy) is 1. The SMILES string of the molecule is CCCN(CC(=O)OC(C)C)C(C)C. The zero-order valence-electron chi connectivity index (χ0n) is 10.0. The first-order chi connectivity index (χ1) is 6.47. The van der Waals surface area contributed by atoms with Crippen molar-refractivity contribution >= 4 is 5.97 Å². The van der Waals surface area contributed by atoms with Gasteiger partial charge in [0.1, 0.15) is 0 Å². The van der Waals surface area contributed by atoms with Crippen LogP contribution in [0.5, 0.6) is 0 Å². The van der Waals surface area contributed by atoms with Gasteiger partial charge in [-0.3, -0.25) is 9.69 Å². The van der Waals surface area contributed by atoms with E-state index in [1.165, 1.54) is 0 Å². The Hall–Kier alpha value is -0.570. The topological polar surface area (TPSA) is 29.5 Å². The van der Waals surface area contributed by atoms with Crippen LogP contribution in [0.25, 0.3) is 0 Å². The van der Waals surface area contributed by atoms with Crippen LogP contribution in [-0.4, -0.2) is 36.1 Å². The van der Waals surface area contributed by atoms with Crippen molar-refractivity contribution in [2.24, 2.45) is 0 Å². The Morgan fingerprint density at radius 2 is 1.86 bits per heavy atom. The molecule has 14 heavy (non-hydrogen) atoms. The molecule has 0 amide bonds. The van der Waals surface area contributed by atoms with Crippen LogP contribution in [0.2, 0.25) is 0 Å². The van der Waals surface area contributed by atoms with Crippen LogP contribution in [0.15, 0.2) is 0 Å². The average Bonchev–Trinajstić information content (AvgIpc) is 2.01. The van der Waals surface area contributed by atoms with E-state index < -0.39 is 0 Å². The van der Waals surface area contributed by atoms with Gasteiger partial charge in [0.25, 0.3) is 0 Å². The van der Waals surface area contributed by atoms with E-state index in [9.17, 15) is 4.79 Å². The van der Waals surface area contributed by atoms with Crippen molar-refractivity contribution in [1.29, 1.82) is 0 Å². The summed E-state index contributed by atoms with van der Waals surface area (Å²) < 4.78 is 5.10. The van der Waals surface area contributed by atoms with Crippen molar-refractivity contribution in [3.05, 3.63) is 0 Å². The summed E-state index contributed by atoms with van der Waals surface area (Å²) in [5.74, 6) is -0.123. The second-order valence-corrected chi connectivity index (χ2v) is 4.10. The van der Waals surface area contributed by atoms with E-state index in [1.807, 2.05) is 13.8 Å². The number of rotatable bonds is 6. The Morgan fingerprint density at radius 3 is 2.21 bits per heavy atom. The Labute approximate surface area is 87.4 Å². The molecule has 0 bridgehead atoms. The van der Waals surface area contributed by atoms with Gasteiger partial charge in [-0.25, -0.2) is 0 Å². The largest absolute Gasteiger partial charge is 0.462 e. The summed E-state index contributed by atoms with van der Waals surface area (Å²) >= 11 is 0. The molecule has 0 aliphatic heterocycles. The van der Waals surface area contributed by atoms with Crippen molar-refractivity contribution < 1.29 is 9.53 Å². The average molecular weight is 201 g/mol. The third-order valence-electron chi connectivity index (χ3n) is 1.94. The smallest absolute Gasteiger partial charge is 0.320 e. The summed E-state index contributed by atoms with van der Waals surface area (Å²) in [6.45, 7) is 11.4. The summed E-state index contributed by atoms with van der Waals surface area (Å²) in [5.41, 5.74) is 0. The van der Waals surface area contributed by atoms with Crippen molar-refractivity contribution in [3.8, 4) is 0 Å². The van der Waals surface area contributed by atoms with E-state index in [1.54, 1.807) is 0 Å². The highest BCUT2D eigenvalue weighted by Gasteiger charge is 2.14. The highest BCUT2D eigenvalue weighted by molar-refractivity contribution is 5.71. The summed E-state index contributed by atoms with van der Waals surface area (Å²) in [6, 6.07) is 0.398. The molecule has 0 aromatic heterocycles. The molecule has 0 unspecified atom stereocenters. The molecule has 0 atom stereocenters. The Kier molecular flexibility index (Phi) is 6.54. The van der Waals surface area contributed by atoms with Crippen molar-refractivity contribution in [2.45, 2.75) is 53.2 Å². The Balaban J connectivity index is 3.96. The molecule has 0 radical (unpaired) electrons. The fourth-order valence-electron chi connectivity index (χ4n) is 1.27. The lowest BCUT2D eigenvalue weighted by atomic mass is 10.3. The van der Waals surface area contributed by atoms with Gasteiger partial charge in [-0.1, -0.05) is 6.92 Å². The molecular formula is C11H23NO2. The lowest BCUT2D eigenvalue weighted by Crippen LogP contribution is -2.37. The van der Waals surface area contributed by atoms with Crippen LogP contribution in [0, 0.1) is 0 Å². The molecular weight excluding hydrogens is 178 g/mol. The highest BCUT2D eigenvalue weighted by atomic mass is 16.5. The van der Waals surface area contributed by atoms with Gasteiger partial charge in [0.15, 0.2) is 0 Å². The van der Waals surface area contributed by atoms with Gasteiger partial charge in [0.2, 0.25) is 0 Å². The summed E-state index contributed by atoms with van der Waals surface area (Å²) in [7, 11) is 0. The van der Waals surface area contributed by atoms with E-state index in [-0.39, 0.29) is 12.1 Å². The molecule has 0 aromatic rings. The minimum Gasteiger partial charge on any atom is -0.462 e. The van der Waals surface area contributed by atoms with E-state index in [4.69, 9.17) is 4.74 Å². The van der Waals surface area contributed by atoms with E-state index in [0.717, 1.165) is 13.0 Å². The molecule has 0 aliphatic carbocycles. The maximum absolute atomic E-state index is 11.4. The van der Waals surface area contributed by atoms with Crippen LogP contribution in [0.1, 0.15) is 41.0 Å². The fourth-order valence-corrected chi connectivity index (χ4v) is 1.27. The van der Waals surface area contributed by atoms with Crippen molar-refractivity contribution in [2.75, 3.05) is 13.1 Å². The van der Waals surface area contributed by atoms with Crippen LogP contribution >= 0.6 is 0 Å². The second-order valence-electron chi connectivity index (χ2n) is 4.10. The molecule has 0 aromatic carbocycles. The third-order valence-corrected chi connectivity index (χ3v) is 1.94. The number of nitrogens with zero attached hydrogens (tertiary/aromatic N) is 1. The molecule has 0 fully saturated rings. The van der Waals surface area contributed by atoms with E-state index >= 15 is 0 Å². The van der Waals surface area contributed by atoms with Gasteiger partial charge in [0.05, 0.1) is 12.6 Å². The van der Waals surface area contributed by atoms with Crippen molar-refractivity contribution in [1.82, 2.24) is 4.90 Å². The van der Waals surface area contributed by atoms with Gasteiger partial charge in [-0.15, -0.1) is 0 Å². The van der Waals surface area contributed by atoms with Crippen LogP contribution in [0.3, 0.4) is 0 Å². The van der Waals surface area contributed by atoms with E-state index in [2.05, 4.69) is 25.7 Å². The number of hydrogen-bond acceptors (Lipinski definition) is 3. The first kappa shape index (κ1) is 13.4. The van der Waals surface area contributed by atoms with Gasteiger partial charge in [0, 0.05) is 6.04 Å². The van der Waals surface area contributed by atoms with Crippen LogP contribution in [0.4, 0.5) is 0 Å². The molecule has 0 spiro atoms. The predicted molar refractivity (Wildman–Crippen MR) is 58.2 cm³/mol. The first-order valence-corrected chi connectivity index (χ1v) is 5.40. The normalized spacial score (nSPS) is 11.4. The second kappa shape index (κ2) is 6.82. The lowest BCUT2D eigenvalue weighted by Gasteiger charge is -2.25. The van der Waals surface area contributed by atoms with Crippen LogP contribution in [-0.2, 0) is 9.53 Å². The van der Waals surface area contributed by atoms with Gasteiger partial charge in [-0.2, -0.15) is 0 Å². The lowest BCUT2D eigenvalue weighted by molar-refractivity contribution is -0.149. The summed E-state index contributed by atoms with van der Waals surface area (Å²) in [6.07, 6.45) is 1.05. The maximum Gasteiger partial charge on any atom is 0.320 e. The molecule has 0 aliphatic rings. The van der Waals surface area contributed by atoms with Crippen molar-refractivity contribution in [3.63, 3.8) is 0 Å². The Bertz CT molecular complexity index is 167. The van der Waals surface area contributed by atoms with Crippen LogP contribution < -0.4 is 0 Å². The first-order valence-electron chi connectivity index (χ1n) is 5.40. The van der Waals surface area contributed by atoms with E-state index in [0.29, 0.717) is 12.6 Å². The number of hydrogen-bond donors (Lipinski definition) is 0. The molecule has 3 nitrogen and oxygen atoms in total. The number of carbonyl (C=O) groups excluding carboxylic acids is 1. The van der Waals surface area contributed by atoms with Gasteiger partial charge < -0.3 is 4.74 Å². The molecule has 0 heterocycles. The van der Waals surface area contributed by atoms with Gasteiger partial charge >= 0.3 is 5.97 Å². The third kappa shape index (κ3) is 5.97. The monoisotopic (exact) mass is 201 g/mol. The summed E-state index contributed by atoms with van der Waals surface area (Å²) in [5, 5.41) is 0. The minimum absolute atomic E-state index is 0.0156. The standard InChI is InChI=1S/C11H23NO2/c1-6-7-12(9(2)3)8-11(13)14-10(4)5/h9-10H,6-8H2,1-5H3. The molecule has 0 rings (SSSR count). The predicted octanol–water partition coefficient (Wildman–Crippen LogP) is 2.06. The number of carbonyl (C=O) groups is 1. The minimum atomic E-state index is -0.123.